The molecule has 1 aliphatic rings. The molecule has 0 amide bonds. The van der Waals surface area contributed by atoms with Crippen LogP contribution in [0.25, 0.3) is 0 Å². The highest BCUT2D eigenvalue weighted by atomic mass is 79.9. The summed E-state index contributed by atoms with van der Waals surface area (Å²) in [6.45, 7) is 0.531. The van der Waals surface area contributed by atoms with Gasteiger partial charge in [0.1, 0.15) is 0 Å². The van der Waals surface area contributed by atoms with Crippen LogP contribution in [0.5, 0.6) is 0 Å². The Hall–Kier alpha value is 0.190. The van der Waals surface area contributed by atoms with E-state index >= 15 is 0 Å². The molecule has 0 spiro atoms. The van der Waals surface area contributed by atoms with Crippen molar-refractivity contribution in [1.82, 2.24) is 0 Å². The summed E-state index contributed by atoms with van der Waals surface area (Å²) in [4.78, 5) is 0. The van der Waals surface area contributed by atoms with E-state index in [2.05, 4.69) is 20.7 Å². The molecule has 0 aromatic heterocycles. The van der Waals surface area contributed by atoms with Gasteiger partial charge in [-0.25, -0.2) is 0 Å². The maximum Gasteiger partial charge on any atom is 0.522 e. The summed E-state index contributed by atoms with van der Waals surface area (Å²) in [5.41, 5.74) is 0. The van der Waals surface area contributed by atoms with Gasteiger partial charge in [-0.2, -0.15) is 0 Å². The average Bonchev–Trinajstić information content (AvgIpc) is 1.91. The quantitative estimate of drug-likeness (QED) is 0.725. The molecule has 0 saturated heterocycles. The summed E-state index contributed by atoms with van der Waals surface area (Å²) in [6.07, 6.45) is -4.60. The fourth-order valence-corrected chi connectivity index (χ4v) is 1.34. The molecule has 0 atom stereocenters. The molecule has 13 heavy (non-hydrogen) atoms. The second-order valence-corrected chi connectivity index (χ2v) is 3.63. The average molecular weight is 263 g/mol. The van der Waals surface area contributed by atoms with Crippen molar-refractivity contribution in [2.75, 3.05) is 11.9 Å². The minimum absolute atomic E-state index is 0.0649. The minimum Gasteiger partial charge on any atom is -0.377 e. The van der Waals surface area contributed by atoms with E-state index in [4.69, 9.17) is 4.74 Å². The van der Waals surface area contributed by atoms with Crippen molar-refractivity contribution in [3.05, 3.63) is 0 Å². The fourth-order valence-electron chi connectivity index (χ4n) is 1.15. The van der Waals surface area contributed by atoms with Gasteiger partial charge in [0.05, 0.1) is 18.8 Å². The van der Waals surface area contributed by atoms with Crippen molar-refractivity contribution in [2.45, 2.75) is 31.4 Å². The largest absolute Gasteiger partial charge is 0.522 e. The van der Waals surface area contributed by atoms with Crippen LogP contribution in [-0.4, -0.2) is 30.5 Å². The molecule has 0 radical (unpaired) electrons. The summed E-state index contributed by atoms with van der Waals surface area (Å²) in [5, 5.41) is 0.703. The second-order valence-electron chi connectivity index (χ2n) is 2.84. The van der Waals surface area contributed by atoms with Crippen LogP contribution in [0.15, 0.2) is 0 Å². The van der Waals surface area contributed by atoms with Crippen molar-refractivity contribution in [3.8, 4) is 0 Å². The first kappa shape index (κ1) is 11.3. The third-order valence-corrected chi connectivity index (χ3v) is 2.11. The highest BCUT2D eigenvalue weighted by Crippen LogP contribution is 2.31. The van der Waals surface area contributed by atoms with E-state index in [0.717, 1.165) is 0 Å². The Balaban J connectivity index is 2.05. The van der Waals surface area contributed by atoms with E-state index < -0.39 is 12.5 Å². The molecule has 1 saturated carbocycles. The second kappa shape index (κ2) is 4.61. The van der Waals surface area contributed by atoms with Gasteiger partial charge in [0.15, 0.2) is 0 Å². The van der Waals surface area contributed by atoms with E-state index in [1.54, 1.807) is 0 Å². The molecule has 6 heteroatoms. The topological polar surface area (TPSA) is 18.5 Å². The number of hydrogen-bond acceptors (Lipinski definition) is 2. The Morgan fingerprint density at radius 1 is 1.23 bits per heavy atom. The number of halogens is 4. The van der Waals surface area contributed by atoms with Crippen LogP contribution in [-0.2, 0) is 9.47 Å². The van der Waals surface area contributed by atoms with Gasteiger partial charge < -0.3 is 4.74 Å². The Kier molecular flexibility index (Phi) is 4.00. The number of hydrogen-bond donors (Lipinski definition) is 0. The van der Waals surface area contributed by atoms with E-state index in [1.807, 2.05) is 0 Å². The Labute approximate surface area is 82.5 Å². The van der Waals surface area contributed by atoms with Crippen LogP contribution in [0.4, 0.5) is 13.2 Å². The molecule has 0 aromatic rings. The summed E-state index contributed by atoms with van der Waals surface area (Å²) in [7, 11) is 0. The predicted molar refractivity (Wildman–Crippen MR) is 43.7 cm³/mol. The van der Waals surface area contributed by atoms with E-state index in [0.29, 0.717) is 24.8 Å². The zero-order valence-electron chi connectivity index (χ0n) is 6.81. The van der Waals surface area contributed by atoms with Gasteiger partial charge in [-0.05, 0) is 0 Å². The van der Waals surface area contributed by atoms with Crippen LogP contribution in [0.3, 0.4) is 0 Å². The lowest BCUT2D eigenvalue weighted by molar-refractivity contribution is -0.357. The maximum absolute atomic E-state index is 11.6. The zero-order chi connectivity index (χ0) is 9.90. The SMILES string of the molecule is FC(F)(F)OC1CC(OCCBr)C1. The van der Waals surface area contributed by atoms with Crippen molar-refractivity contribution >= 4 is 15.9 Å². The van der Waals surface area contributed by atoms with Crippen molar-refractivity contribution in [1.29, 1.82) is 0 Å². The highest BCUT2D eigenvalue weighted by Gasteiger charge is 2.40. The summed E-state index contributed by atoms with van der Waals surface area (Å²) in [6, 6.07) is 0. The Morgan fingerprint density at radius 3 is 2.31 bits per heavy atom. The van der Waals surface area contributed by atoms with Gasteiger partial charge in [0, 0.05) is 18.2 Å². The highest BCUT2D eigenvalue weighted by molar-refractivity contribution is 9.09. The molecule has 1 aliphatic carbocycles. The van der Waals surface area contributed by atoms with Crippen LogP contribution in [0.2, 0.25) is 0 Å². The molecule has 2 nitrogen and oxygen atoms in total. The predicted octanol–water partition coefficient (Wildman–Crippen LogP) is 2.47. The lowest BCUT2D eigenvalue weighted by Gasteiger charge is -2.34. The molecule has 0 aliphatic heterocycles. The van der Waals surface area contributed by atoms with Crippen LogP contribution in [0.1, 0.15) is 12.8 Å². The maximum atomic E-state index is 11.6. The fraction of sp³-hybridized carbons (Fsp3) is 1.00. The summed E-state index contributed by atoms with van der Waals surface area (Å²) < 4.78 is 43.9. The lowest BCUT2D eigenvalue weighted by Crippen LogP contribution is -2.40. The van der Waals surface area contributed by atoms with Crippen molar-refractivity contribution in [3.63, 3.8) is 0 Å². The monoisotopic (exact) mass is 262 g/mol. The molecular weight excluding hydrogens is 253 g/mol. The number of rotatable bonds is 4. The third-order valence-electron chi connectivity index (χ3n) is 1.78. The van der Waals surface area contributed by atoms with Gasteiger partial charge in [-0.15, -0.1) is 13.2 Å². The molecule has 0 N–H and O–H groups in total. The standard InChI is InChI=1S/C7H10BrF3O2/c8-1-2-12-5-3-6(4-5)13-7(9,10)11/h5-6H,1-4H2. The summed E-state index contributed by atoms with van der Waals surface area (Å²) >= 11 is 3.16. The van der Waals surface area contributed by atoms with E-state index in [1.165, 1.54) is 0 Å². The van der Waals surface area contributed by atoms with Gasteiger partial charge >= 0.3 is 6.36 Å². The first-order valence-corrected chi connectivity index (χ1v) is 5.05. The van der Waals surface area contributed by atoms with Gasteiger partial charge in [-0.3, -0.25) is 4.74 Å². The molecule has 0 unspecified atom stereocenters. The van der Waals surface area contributed by atoms with Crippen LogP contribution >= 0.6 is 15.9 Å². The van der Waals surface area contributed by atoms with Gasteiger partial charge in [0.25, 0.3) is 0 Å². The van der Waals surface area contributed by atoms with E-state index in [-0.39, 0.29) is 6.10 Å². The first-order chi connectivity index (χ1) is 6.01. The lowest BCUT2D eigenvalue weighted by atomic mass is 9.92. The molecule has 1 rings (SSSR count). The first-order valence-electron chi connectivity index (χ1n) is 3.93. The third kappa shape index (κ3) is 4.28. The zero-order valence-corrected chi connectivity index (χ0v) is 8.40. The molecule has 0 bridgehead atoms. The molecular formula is C7H10BrF3O2. The van der Waals surface area contributed by atoms with Gasteiger partial charge in [0.2, 0.25) is 0 Å². The van der Waals surface area contributed by atoms with E-state index in [9.17, 15) is 13.2 Å². The van der Waals surface area contributed by atoms with Crippen LogP contribution in [0, 0.1) is 0 Å². The number of alkyl halides is 4. The molecule has 1 fully saturated rings. The molecule has 0 heterocycles. The smallest absolute Gasteiger partial charge is 0.377 e. The normalized spacial score (nSPS) is 28.6. The van der Waals surface area contributed by atoms with Crippen molar-refractivity contribution in [2.24, 2.45) is 0 Å². The van der Waals surface area contributed by atoms with Crippen LogP contribution < -0.4 is 0 Å². The number of ether oxygens (including phenoxy) is 2. The van der Waals surface area contributed by atoms with Crippen molar-refractivity contribution < 1.29 is 22.6 Å². The molecule has 0 aromatic carbocycles. The molecule has 78 valence electrons. The Morgan fingerprint density at radius 2 is 1.85 bits per heavy atom. The minimum atomic E-state index is -4.51. The Bertz CT molecular complexity index is 156. The summed E-state index contributed by atoms with van der Waals surface area (Å²) in [5.74, 6) is 0. The van der Waals surface area contributed by atoms with Gasteiger partial charge in [-0.1, -0.05) is 15.9 Å².